The first-order chi connectivity index (χ1) is 6.36. The van der Waals surface area contributed by atoms with Gasteiger partial charge in [-0.3, -0.25) is 4.98 Å². The van der Waals surface area contributed by atoms with Crippen LogP contribution in [0.5, 0.6) is 0 Å². The standard InChI is InChI=1S/C10H9N3/c1-8-3-2-4-10(13-8)9-5-6-11-7-12-9/h2-7H,1H3. The molecular weight excluding hydrogens is 162 g/mol. The van der Waals surface area contributed by atoms with Crippen molar-refractivity contribution in [2.45, 2.75) is 6.92 Å². The summed E-state index contributed by atoms with van der Waals surface area (Å²) in [5, 5.41) is 0. The van der Waals surface area contributed by atoms with Crippen molar-refractivity contribution in [1.82, 2.24) is 15.0 Å². The first-order valence-electron chi connectivity index (χ1n) is 4.06. The highest BCUT2D eigenvalue weighted by Gasteiger charge is 1.98. The molecule has 0 amide bonds. The van der Waals surface area contributed by atoms with Crippen molar-refractivity contribution in [3.8, 4) is 11.4 Å². The van der Waals surface area contributed by atoms with E-state index in [1.54, 1.807) is 6.20 Å². The summed E-state index contributed by atoms with van der Waals surface area (Å²) in [6.45, 7) is 1.96. The Labute approximate surface area is 76.5 Å². The first kappa shape index (κ1) is 7.86. The molecule has 0 aliphatic rings. The van der Waals surface area contributed by atoms with Gasteiger partial charge in [0.2, 0.25) is 0 Å². The lowest BCUT2D eigenvalue weighted by Crippen LogP contribution is -1.88. The lowest BCUT2D eigenvalue weighted by atomic mass is 10.2. The van der Waals surface area contributed by atoms with E-state index in [0.717, 1.165) is 17.1 Å². The molecule has 0 unspecified atom stereocenters. The topological polar surface area (TPSA) is 38.7 Å². The van der Waals surface area contributed by atoms with Gasteiger partial charge in [0.05, 0.1) is 11.4 Å². The Hall–Kier alpha value is -1.77. The molecule has 0 radical (unpaired) electrons. The maximum absolute atomic E-state index is 4.35. The number of hydrogen-bond donors (Lipinski definition) is 0. The lowest BCUT2D eigenvalue weighted by Gasteiger charge is -1.98. The van der Waals surface area contributed by atoms with Crippen LogP contribution in [0, 0.1) is 6.92 Å². The van der Waals surface area contributed by atoms with E-state index in [1.807, 2.05) is 31.2 Å². The minimum atomic E-state index is 0.860. The average molecular weight is 171 g/mol. The molecule has 0 saturated carbocycles. The van der Waals surface area contributed by atoms with Crippen LogP contribution in [-0.4, -0.2) is 15.0 Å². The van der Waals surface area contributed by atoms with Crippen LogP contribution in [-0.2, 0) is 0 Å². The van der Waals surface area contributed by atoms with Crippen molar-refractivity contribution in [3.05, 3.63) is 42.5 Å². The third kappa shape index (κ3) is 1.69. The average Bonchev–Trinajstić information content (AvgIpc) is 2.19. The van der Waals surface area contributed by atoms with E-state index in [-0.39, 0.29) is 0 Å². The second kappa shape index (κ2) is 3.31. The largest absolute Gasteiger partial charge is 0.251 e. The van der Waals surface area contributed by atoms with Gasteiger partial charge in [-0.05, 0) is 25.1 Å². The molecule has 0 bridgehead atoms. The zero-order valence-corrected chi connectivity index (χ0v) is 7.31. The number of pyridine rings is 1. The van der Waals surface area contributed by atoms with Gasteiger partial charge in [0.15, 0.2) is 0 Å². The van der Waals surface area contributed by atoms with E-state index in [1.165, 1.54) is 6.33 Å². The Morgan fingerprint density at radius 1 is 1.08 bits per heavy atom. The second-order valence-electron chi connectivity index (χ2n) is 2.76. The Balaban J connectivity index is 2.48. The van der Waals surface area contributed by atoms with Gasteiger partial charge in [0, 0.05) is 11.9 Å². The number of hydrogen-bond acceptors (Lipinski definition) is 3. The minimum absolute atomic E-state index is 0.860. The number of aryl methyl sites for hydroxylation is 1. The molecule has 0 fully saturated rings. The molecule has 0 saturated heterocycles. The summed E-state index contributed by atoms with van der Waals surface area (Å²) in [5.74, 6) is 0. The summed E-state index contributed by atoms with van der Waals surface area (Å²) in [5.41, 5.74) is 2.75. The molecule has 13 heavy (non-hydrogen) atoms. The summed E-state index contributed by atoms with van der Waals surface area (Å²) < 4.78 is 0. The van der Waals surface area contributed by atoms with Crippen LogP contribution in [0.25, 0.3) is 11.4 Å². The Morgan fingerprint density at radius 2 is 2.00 bits per heavy atom. The quantitative estimate of drug-likeness (QED) is 0.657. The van der Waals surface area contributed by atoms with Crippen LogP contribution in [0.1, 0.15) is 5.69 Å². The summed E-state index contributed by atoms with van der Waals surface area (Å²) in [6, 6.07) is 7.72. The van der Waals surface area contributed by atoms with Crippen molar-refractivity contribution in [3.63, 3.8) is 0 Å². The molecule has 2 heterocycles. The zero-order valence-electron chi connectivity index (χ0n) is 7.31. The maximum Gasteiger partial charge on any atom is 0.116 e. The molecule has 0 N–H and O–H groups in total. The number of rotatable bonds is 1. The van der Waals surface area contributed by atoms with Gasteiger partial charge in [0.1, 0.15) is 6.33 Å². The van der Waals surface area contributed by atoms with Gasteiger partial charge in [-0.1, -0.05) is 6.07 Å². The predicted octanol–water partition coefficient (Wildman–Crippen LogP) is 1.85. The molecule has 64 valence electrons. The number of nitrogens with zero attached hydrogens (tertiary/aromatic N) is 3. The first-order valence-corrected chi connectivity index (χ1v) is 4.06. The van der Waals surface area contributed by atoms with Crippen LogP contribution in [0.4, 0.5) is 0 Å². The fraction of sp³-hybridized carbons (Fsp3) is 0.100. The highest BCUT2D eigenvalue weighted by atomic mass is 14.8. The zero-order chi connectivity index (χ0) is 9.10. The highest BCUT2D eigenvalue weighted by Crippen LogP contribution is 2.12. The molecule has 0 atom stereocenters. The molecule has 0 aliphatic carbocycles. The van der Waals surface area contributed by atoms with E-state index in [0.29, 0.717) is 0 Å². The van der Waals surface area contributed by atoms with Gasteiger partial charge in [-0.25, -0.2) is 9.97 Å². The molecule has 2 rings (SSSR count). The minimum Gasteiger partial charge on any atom is -0.251 e. The van der Waals surface area contributed by atoms with Crippen LogP contribution in [0.2, 0.25) is 0 Å². The van der Waals surface area contributed by atoms with Gasteiger partial charge in [-0.15, -0.1) is 0 Å². The van der Waals surface area contributed by atoms with Crippen LogP contribution in [0.15, 0.2) is 36.8 Å². The Morgan fingerprint density at radius 3 is 2.69 bits per heavy atom. The molecule has 2 aromatic heterocycles. The van der Waals surface area contributed by atoms with E-state index >= 15 is 0 Å². The van der Waals surface area contributed by atoms with E-state index < -0.39 is 0 Å². The Bertz CT molecular complexity index is 398. The smallest absolute Gasteiger partial charge is 0.116 e. The van der Waals surface area contributed by atoms with Gasteiger partial charge < -0.3 is 0 Å². The maximum atomic E-state index is 4.35. The third-order valence-electron chi connectivity index (χ3n) is 1.73. The second-order valence-corrected chi connectivity index (χ2v) is 2.76. The molecular formula is C10H9N3. The molecule has 3 heteroatoms. The van der Waals surface area contributed by atoms with E-state index in [2.05, 4.69) is 15.0 Å². The summed E-state index contributed by atoms with van der Waals surface area (Å²) in [7, 11) is 0. The van der Waals surface area contributed by atoms with E-state index in [4.69, 9.17) is 0 Å². The van der Waals surface area contributed by atoms with Gasteiger partial charge in [0.25, 0.3) is 0 Å². The summed E-state index contributed by atoms with van der Waals surface area (Å²) in [6.07, 6.45) is 3.24. The lowest BCUT2D eigenvalue weighted by molar-refractivity contribution is 1.13. The molecule has 2 aromatic rings. The summed E-state index contributed by atoms with van der Waals surface area (Å²) in [4.78, 5) is 12.3. The van der Waals surface area contributed by atoms with Gasteiger partial charge >= 0.3 is 0 Å². The van der Waals surface area contributed by atoms with Crippen LogP contribution >= 0.6 is 0 Å². The highest BCUT2D eigenvalue weighted by molar-refractivity contribution is 5.52. The fourth-order valence-corrected chi connectivity index (χ4v) is 1.13. The third-order valence-corrected chi connectivity index (χ3v) is 1.73. The molecule has 0 aromatic carbocycles. The van der Waals surface area contributed by atoms with Crippen molar-refractivity contribution in [1.29, 1.82) is 0 Å². The number of aromatic nitrogens is 3. The van der Waals surface area contributed by atoms with Crippen molar-refractivity contribution >= 4 is 0 Å². The predicted molar refractivity (Wildman–Crippen MR) is 50.0 cm³/mol. The molecule has 0 aliphatic heterocycles. The van der Waals surface area contributed by atoms with Crippen molar-refractivity contribution < 1.29 is 0 Å². The Kier molecular flexibility index (Phi) is 2.00. The summed E-state index contributed by atoms with van der Waals surface area (Å²) >= 11 is 0. The molecule has 3 nitrogen and oxygen atoms in total. The normalized spacial score (nSPS) is 9.92. The monoisotopic (exact) mass is 171 g/mol. The SMILES string of the molecule is Cc1cccc(-c2ccncn2)n1. The van der Waals surface area contributed by atoms with Gasteiger partial charge in [-0.2, -0.15) is 0 Å². The van der Waals surface area contributed by atoms with Crippen molar-refractivity contribution in [2.75, 3.05) is 0 Å². The molecule has 0 spiro atoms. The van der Waals surface area contributed by atoms with Crippen LogP contribution in [0.3, 0.4) is 0 Å². The van der Waals surface area contributed by atoms with Crippen molar-refractivity contribution in [2.24, 2.45) is 0 Å². The fourth-order valence-electron chi connectivity index (χ4n) is 1.13. The van der Waals surface area contributed by atoms with E-state index in [9.17, 15) is 0 Å². The van der Waals surface area contributed by atoms with Crippen LogP contribution < -0.4 is 0 Å².